The van der Waals surface area contributed by atoms with E-state index in [2.05, 4.69) is 58.3 Å². The summed E-state index contributed by atoms with van der Waals surface area (Å²) in [6, 6.07) is 18.4. The fourth-order valence-corrected chi connectivity index (χ4v) is 2.23. The van der Waals surface area contributed by atoms with Crippen LogP contribution in [0.4, 0.5) is 11.4 Å². The summed E-state index contributed by atoms with van der Waals surface area (Å²) in [5.74, 6) is 0. The van der Waals surface area contributed by atoms with Crippen molar-refractivity contribution in [3.63, 3.8) is 0 Å². The molecule has 2 aromatic carbocycles. The first-order valence-electron chi connectivity index (χ1n) is 7.32. The number of rotatable bonds is 5. The highest BCUT2D eigenvalue weighted by atomic mass is 79.9. The van der Waals surface area contributed by atoms with Gasteiger partial charge in [0.25, 0.3) is 0 Å². The first-order chi connectivity index (χ1) is 10.8. The van der Waals surface area contributed by atoms with Crippen molar-refractivity contribution in [2.75, 3.05) is 4.90 Å². The Bertz CT molecular complexity index is 612. The molecule has 0 radical (unpaired) electrons. The van der Waals surface area contributed by atoms with Crippen LogP contribution in [0.5, 0.6) is 0 Å². The minimum absolute atomic E-state index is 0.980. The molecule has 2 rings (SSSR count). The number of para-hydroxylation sites is 1. The topological polar surface area (TPSA) is 3.24 Å². The molecule has 2 heteroatoms. The SMILES string of the molecule is C=C/C=C(\C=C)N(c1ccccc1)c1ccc(Br)cc1.CC. The summed E-state index contributed by atoms with van der Waals surface area (Å²) < 4.78 is 1.06. The number of nitrogens with zero attached hydrogens (tertiary/aromatic N) is 1. The van der Waals surface area contributed by atoms with E-state index in [4.69, 9.17) is 0 Å². The molecule has 0 amide bonds. The molecule has 114 valence electrons. The molecule has 0 aromatic heterocycles. The normalized spacial score (nSPS) is 10.2. The third-order valence-electron chi connectivity index (χ3n) is 2.86. The Morgan fingerprint density at radius 3 is 1.95 bits per heavy atom. The van der Waals surface area contributed by atoms with Gasteiger partial charge in [0, 0.05) is 21.5 Å². The van der Waals surface area contributed by atoms with Gasteiger partial charge in [0.15, 0.2) is 0 Å². The molecule has 22 heavy (non-hydrogen) atoms. The molecule has 0 atom stereocenters. The first-order valence-corrected chi connectivity index (χ1v) is 8.11. The minimum atomic E-state index is 0.980. The van der Waals surface area contributed by atoms with Crippen molar-refractivity contribution in [2.24, 2.45) is 0 Å². The van der Waals surface area contributed by atoms with Crippen LogP contribution < -0.4 is 4.90 Å². The molecule has 0 aliphatic carbocycles. The van der Waals surface area contributed by atoms with Crippen molar-refractivity contribution in [1.29, 1.82) is 0 Å². The largest absolute Gasteiger partial charge is 0.311 e. The Morgan fingerprint density at radius 1 is 0.909 bits per heavy atom. The predicted molar refractivity (Wildman–Crippen MR) is 103 cm³/mol. The Hall–Kier alpha value is -2.06. The molecule has 0 N–H and O–H groups in total. The van der Waals surface area contributed by atoms with E-state index < -0.39 is 0 Å². The second kappa shape index (κ2) is 9.80. The van der Waals surface area contributed by atoms with Gasteiger partial charge in [-0.1, -0.05) is 67.2 Å². The maximum atomic E-state index is 3.90. The van der Waals surface area contributed by atoms with E-state index in [0.717, 1.165) is 21.5 Å². The maximum absolute atomic E-state index is 3.90. The Morgan fingerprint density at radius 2 is 1.45 bits per heavy atom. The lowest BCUT2D eigenvalue weighted by Crippen LogP contribution is -2.14. The van der Waals surface area contributed by atoms with Crippen LogP contribution in [0.2, 0.25) is 0 Å². The minimum Gasteiger partial charge on any atom is -0.311 e. The van der Waals surface area contributed by atoms with Crippen LogP contribution in [-0.4, -0.2) is 0 Å². The molecule has 0 spiro atoms. The summed E-state index contributed by atoms with van der Waals surface area (Å²) in [6.07, 6.45) is 5.55. The van der Waals surface area contributed by atoms with Crippen LogP contribution in [0.1, 0.15) is 13.8 Å². The molecule has 2 aromatic rings. The summed E-state index contributed by atoms with van der Waals surface area (Å²) in [6.45, 7) is 11.7. The van der Waals surface area contributed by atoms with Crippen LogP contribution in [0.25, 0.3) is 0 Å². The van der Waals surface area contributed by atoms with Crippen molar-refractivity contribution in [2.45, 2.75) is 13.8 Å². The fourth-order valence-electron chi connectivity index (χ4n) is 1.97. The molecule has 0 saturated heterocycles. The Balaban J connectivity index is 0.00000116. The average Bonchev–Trinajstić information content (AvgIpc) is 2.59. The molecular formula is C20H22BrN. The number of anilines is 2. The van der Waals surface area contributed by atoms with E-state index >= 15 is 0 Å². The molecule has 0 heterocycles. The number of benzene rings is 2. The molecule has 0 aliphatic rings. The van der Waals surface area contributed by atoms with E-state index in [0.29, 0.717) is 0 Å². The van der Waals surface area contributed by atoms with E-state index in [1.807, 2.05) is 56.3 Å². The van der Waals surface area contributed by atoms with Gasteiger partial charge in [-0.3, -0.25) is 0 Å². The van der Waals surface area contributed by atoms with E-state index in [-0.39, 0.29) is 0 Å². The van der Waals surface area contributed by atoms with Crippen molar-refractivity contribution < 1.29 is 0 Å². The molecule has 0 saturated carbocycles. The van der Waals surface area contributed by atoms with Crippen molar-refractivity contribution in [3.05, 3.63) is 96.2 Å². The lowest BCUT2D eigenvalue weighted by molar-refractivity contribution is 1.21. The Kier molecular flexibility index (Phi) is 8.01. The van der Waals surface area contributed by atoms with Gasteiger partial charge >= 0.3 is 0 Å². The zero-order valence-electron chi connectivity index (χ0n) is 13.2. The van der Waals surface area contributed by atoms with Crippen LogP contribution in [0.15, 0.2) is 96.2 Å². The van der Waals surface area contributed by atoms with Crippen LogP contribution in [0.3, 0.4) is 0 Å². The fraction of sp³-hybridized carbons (Fsp3) is 0.100. The van der Waals surface area contributed by atoms with Crippen LogP contribution in [0, 0.1) is 0 Å². The predicted octanol–water partition coefficient (Wildman–Crippen LogP) is 6.87. The highest BCUT2D eigenvalue weighted by Crippen LogP contribution is 2.30. The first kappa shape index (κ1) is 18.0. The molecule has 0 unspecified atom stereocenters. The zero-order chi connectivity index (χ0) is 16.4. The van der Waals surface area contributed by atoms with E-state index in [9.17, 15) is 0 Å². The second-order valence-electron chi connectivity index (χ2n) is 4.18. The quantitative estimate of drug-likeness (QED) is 0.529. The lowest BCUT2D eigenvalue weighted by Gasteiger charge is -2.26. The zero-order valence-corrected chi connectivity index (χ0v) is 14.8. The number of allylic oxidation sites excluding steroid dienone is 3. The van der Waals surface area contributed by atoms with Crippen molar-refractivity contribution in [1.82, 2.24) is 0 Å². The number of hydrogen-bond acceptors (Lipinski definition) is 1. The van der Waals surface area contributed by atoms with E-state index in [1.54, 1.807) is 6.08 Å². The number of hydrogen-bond donors (Lipinski definition) is 0. The van der Waals surface area contributed by atoms with Gasteiger partial charge in [-0.15, -0.1) is 0 Å². The van der Waals surface area contributed by atoms with Gasteiger partial charge in [0.1, 0.15) is 0 Å². The second-order valence-corrected chi connectivity index (χ2v) is 5.09. The third kappa shape index (κ3) is 4.74. The smallest absolute Gasteiger partial charge is 0.0462 e. The van der Waals surface area contributed by atoms with Gasteiger partial charge < -0.3 is 4.90 Å². The third-order valence-corrected chi connectivity index (χ3v) is 3.38. The monoisotopic (exact) mass is 355 g/mol. The van der Waals surface area contributed by atoms with Gasteiger partial charge in [0.05, 0.1) is 0 Å². The highest BCUT2D eigenvalue weighted by molar-refractivity contribution is 9.10. The van der Waals surface area contributed by atoms with Crippen LogP contribution in [-0.2, 0) is 0 Å². The van der Waals surface area contributed by atoms with Crippen molar-refractivity contribution >= 4 is 27.3 Å². The molecule has 1 nitrogen and oxygen atoms in total. The molecule has 0 aliphatic heterocycles. The van der Waals surface area contributed by atoms with Crippen LogP contribution >= 0.6 is 15.9 Å². The molecule has 0 fully saturated rings. The molecule has 0 bridgehead atoms. The Labute approximate surface area is 142 Å². The number of halogens is 1. The van der Waals surface area contributed by atoms with Gasteiger partial charge in [-0.05, 0) is 48.6 Å². The maximum Gasteiger partial charge on any atom is 0.0462 e. The summed E-state index contributed by atoms with van der Waals surface area (Å²) in [7, 11) is 0. The van der Waals surface area contributed by atoms with Gasteiger partial charge in [0.2, 0.25) is 0 Å². The summed E-state index contributed by atoms with van der Waals surface area (Å²) >= 11 is 3.47. The van der Waals surface area contributed by atoms with Gasteiger partial charge in [-0.25, -0.2) is 0 Å². The molecular weight excluding hydrogens is 334 g/mol. The van der Waals surface area contributed by atoms with Gasteiger partial charge in [-0.2, -0.15) is 0 Å². The summed E-state index contributed by atoms with van der Waals surface area (Å²) in [5.41, 5.74) is 3.14. The average molecular weight is 356 g/mol. The standard InChI is InChI=1S/C18H16BrN.C2H6/c1-3-8-16(4-2)20(17-9-6-5-7-10-17)18-13-11-15(19)12-14-18;1-2/h3-14H,1-2H2;1-2H3/b16-8+;. The van der Waals surface area contributed by atoms with Crippen molar-refractivity contribution in [3.8, 4) is 0 Å². The lowest BCUT2D eigenvalue weighted by atomic mass is 10.2. The highest BCUT2D eigenvalue weighted by Gasteiger charge is 2.11. The summed E-state index contributed by atoms with van der Waals surface area (Å²) in [4.78, 5) is 2.14. The summed E-state index contributed by atoms with van der Waals surface area (Å²) in [5, 5.41) is 0. The van der Waals surface area contributed by atoms with E-state index in [1.165, 1.54) is 0 Å².